The summed E-state index contributed by atoms with van der Waals surface area (Å²) in [6.45, 7) is 1.60. The van der Waals surface area contributed by atoms with Gasteiger partial charge in [0.2, 0.25) is 10.0 Å². The lowest BCUT2D eigenvalue weighted by molar-refractivity contribution is 0.0953. The number of nitrogens with one attached hydrogen (secondary N) is 2. The highest BCUT2D eigenvalue weighted by Crippen LogP contribution is 2.16. The van der Waals surface area contributed by atoms with Gasteiger partial charge in [-0.1, -0.05) is 17.3 Å². The number of hydrogen-bond donors (Lipinski definition) is 2. The van der Waals surface area contributed by atoms with Crippen LogP contribution in [-0.2, 0) is 10.0 Å². The Kier molecular flexibility index (Phi) is 5.22. The van der Waals surface area contributed by atoms with E-state index in [1.807, 2.05) is 0 Å². The SMILES string of the molecule is COc1ccccc1C(=O)NCCS(=O)(=O)Nc1cc(C)on1. The molecule has 0 fully saturated rings. The summed E-state index contributed by atoms with van der Waals surface area (Å²) in [4.78, 5) is 12.0. The first-order chi connectivity index (χ1) is 10.9. The van der Waals surface area contributed by atoms with Crippen molar-refractivity contribution in [1.29, 1.82) is 0 Å². The molecule has 9 heteroatoms. The summed E-state index contributed by atoms with van der Waals surface area (Å²) in [5.74, 6) is 0.324. The molecule has 1 aromatic carbocycles. The highest BCUT2D eigenvalue weighted by atomic mass is 32.2. The van der Waals surface area contributed by atoms with E-state index in [1.54, 1.807) is 31.2 Å². The number of rotatable bonds is 7. The molecule has 0 saturated carbocycles. The minimum Gasteiger partial charge on any atom is -0.496 e. The van der Waals surface area contributed by atoms with Crippen molar-refractivity contribution in [3.05, 3.63) is 41.7 Å². The van der Waals surface area contributed by atoms with Crippen molar-refractivity contribution >= 4 is 21.7 Å². The van der Waals surface area contributed by atoms with Crippen molar-refractivity contribution in [2.24, 2.45) is 0 Å². The van der Waals surface area contributed by atoms with Crippen LogP contribution in [0, 0.1) is 6.92 Å². The van der Waals surface area contributed by atoms with E-state index in [2.05, 4.69) is 15.2 Å². The third-order valence-corrected chi connectivity index (χ3v) is 4.16. The van der Waals surface area contributed by atoms with Crippen molar-refractivity contribution in [2.45, 2.75) is 6.92 Å². The van der Waals surface area contributed by atoms with Gasteiger partial charge in [0.1, 0.15) is 11.5 Å². The molecule has 0 aliphatic rings. The Hall–Kier alpha value is -2.55. The summed E-state index contributed by atoms with van der Waals surface area (Å²) in [6.07, 6.45) is 0. The Morgan fingerprint density at radius 1 is 1.35 bits per heavy atom. The van der Waals surface area contributed by atoms with Gasteiger partial charge in [-0.15, -0.1) is 0 Å². The molecule has 2 aromatic rings. The van der Waals surface area contributed by atoms with Gasteiger partial charge in [-0.05, 0) is 19.1 Å². The lowest BCUT2D eigenvalue weighted by atomic mass is 10.2. The van der Waals surface area contributed by atoms with Crippen LogP contribution in [0.15, 0.2) is 34.9 Å². The second-order valence-electron chi connectivity index (χ2n) is 4.70. The number of sulfonamides is 1. The third kappa shape index (κ3) is 4.71. The van der Waals surface area contributed by atoms with Crippen molar-refractivity contribution in [3.63, 3.8) is 0 Å². The second-order valence-corrected chi connectivity index (χ2v) is 6.54. The van der Waals surface area contributed by atoms with Crippen LogP contribution in [0.2, 0.25) is 0 Å². The molecule has 0 spiro atoms. The second kappa shape index (κ2) is 7.14. The molecule has 124 valence electrons. The van der Waals surface area contributed by atoms with Gasteiger partial charge in [-0.2, -0.15) is 0 Å². The molecule has 0 radical (unpaired) electrons. The topological polar surface area (TPSA) is 111 Å². The first kappa shape index (κ1) is 16.8. The van der Waals surface area contributed by atoms with Gasteiger partial charge in [0.15, 0.2) is 5.82 Å². The number of para-hydroxylation sites is 1. The molecular weight excluding hydrogens is 322 g/mol. The van der Waals surface area contributed by atoms with E-state index in [1.165, 1.54) is 13.2 Å². The number of methoxy groups -OCH3 is 1. The fourth-order valence-electron chi connectivity index (χ4n) is 1.85. The summed E-state index contributed by atoms with van der Waals surface area (Å²) in [5, 5.41) is 6.08. The summed E-state index contributed by atoms with van der Waals surface area (Å²) in [6, 6.07) is 8.15. The van der Waals surface area contributed by atoms with Crippen LogP contribution in [-0.4, -0.2) is 38.9 Å². The largest absolute Gasteiger partial charge is 0.496 e. The number of anilines is 1. The Labute approximate surface area is 133 Å². The number of aryl methyl sites for hydroxylation is 1. The first-order valence-corrected chi connectivity index (χ1v) is 8.41. The summed E-state index contributed by atoms with van der Waals surface area (Å²) in [7, 11) is -2.17. The zero-order chi connectivity index (χ0) is 16.9. The van der Waals surface area contributed by atoms with Crippen molar-refractivity contribution in [3.8, 4) is 5.75 Å². The Bertz CT molecular complexity index is 785. The Balaban J connectivity index is 1.89. The maximum Gasteiger partial charge on any atom is 0.255 e. The number of amides is 1. The number of carbonyl (C=O) groups excluding carboxylic acids is 1. The van der Waals surface area contributed by atoms with E-state index in [-0.39, 0.29) is 18.1 Å². The maximum atomic E-state index is 12.0. The molecule has 1 heterocycles. The monoisotopic (exact) mass is 339 g/mol. The van der Waals surface area contributed by atoms with E-state index < -0.39 is 15.9 Å². The van der Waals surface area contributed by atoms with E-state index in [0.29, 0.717) is 17.1 Å². The molecule has 2 rings (SSSR count). The van der Waals surface area contributed by atoms with Crippen LogP contribution in [0.4, 0.5) is 5.82 Å². The molecule has 0 aliphatic carbocycles. The number of nitrogens with zero attached hydrogens (tertiary/aromatic N) is 1. The molecule has 2 N–H and O–H groups in total. The molecule has 23 heavy (non-hydrogen) atoms. The zero-order valence-corrected chi connectivity index (χ0v) is 13.5. The highest BCUT2D eigenvalue weighted by Gasteiger charge is 2.15. The molecule has 8 nitrogen and oxygen atoms in total. The normalized spacial score (nSPS) is 11.0. The van der Waals surface area contributed by atoms with Gasteiger partial charge in [0, 0.05) is 12.6 Å². The molecular formula is C14H17N3O5S. The van der Waals surface area contributed by atoms with E-state index in [9.17, 15) is 13.2 Å². The summed E-state index contributed by atoms with van der Waals surface area (Å²) in [5.41, 5.74) is 0.340. The lowest BCUT2D eigenvalue weighted by Gasteiger charge is -2.09. The first-order valence-electron chi connectivity index (χ1n) is 6.76. The van der Waals surface area contributed by atoms with E-state index in [0.717, 1.165) is 0 Å². The third-order valence-electron chi connectivity index (χ3n) is 2.90. The van der Waals surface area contributed by atoms with Crippen molar-refractivity contribution in [1.82, 2.24) is 10.5 Å². The predicted octanol–water partition coefficient (Wildman–Crippen LogP) is 1.16. The average Bonchev–Trinajstić information content (AvgIpc) is 2.91. The molecule has 0 atom stereocenters. The van der Waals surface area contributed by atoms with Gasteiger partial charge >= 0.3 is 0 Å². The molecule has 1 amide bonds. The van der Waals surface area contributed by atoms with E-state index in [4.69, 9.17) is 9.26 Å². The van der Waals surface area contributed by atoms with Gasteiger partial charge in [0.05, 0.1) is 18.4 Å². The number of hydrogen-bond acceptors (Lipinski definition) is 6. The van der Waals surface area contributed by atoms with Crippen LogP contribution in [0.25, 0.3) is 0 Å². The van der Waals surface area contributed by atoms with Crippen molar-refractivity contribution < 1.29 is 22.5 Å². The quantitative estimate of drug-likeness (QED) is 0.783. The van der Waals surface area contributed by atoms with Crippen LogP contribution in [0.5, 0.6) is 5.75 Å². The lowest BCUT2D eigenvalue weighted by Crippen LogP contribution is -2.31. The minimum absolute atomic E-state index is 0.0525. The van der Waals surface area contributed by atoms with Crippen LogP contribution >= 0.6 is 0 Å². The fraction of sp³-hybridized carbons (Fsp3) is 0.286. The van der Waals surface area contributed by atoms with Crippen LogP contribution < -0.4 is 14.8 Å². The molecule has 0 unspecified atom stereocenters. The van der Waals surface area contributed by atoms with Gasteiger partial charge < -0.3 is 14.6 Å². The number of ether oxygens (including phenoxy) is 1. The fourth-order valence-corrected chi connectivity index (χ4v) is 2.74. The predicted molar refractivity (Wildman–Crippen MR) is 84.0 cm³/mol. The van der Waals surface area contributed by atoms with E-state index >= 15 is 0 Å². The maximum absolute atomic E-state index is 12.0. The number of benzene rings is 1. The average molecular weight is 339 g/mol. The van der Waals surface area contributed by atoms with Crippen molar-refractivity contribution in [2.75, 3.05) is 24.1 Å². The highest BCUT2D eigenvalue weighted by molar-refractivity contribution is 7.92. The van der Waals surface area contributed by atoms with Crippen LogP contribution in [0.1, 0.15) is 16.1 Å². The minimum atomic E-state index is -3.63. The summed E-state index contributed by atoms with van der Waals surface area (Å²) >= 11 is 0. The molecule has 0 bridgehead atoms. The Morgan fingerprint density at radius 3 is 2.74 bits per heavy atom. The molecule has 0 aliphatic heterocycles. The smallest absolute Gasteiger partial charge is 0.255 e. The standard InChI is InChI=1S/C14H17N3O5S/c1-10-9-13(16-22-10)17-23(19,20)8-7-15-14(18)11-5-3-4-6-12(11)21-2/h3-6,9H,7-8H2,1-2H3,(H,15,18)(H,16,17). The molecule has 1 aromatic heterocycles. The zero-order valence-electron chi connectivity index (χ0n) is 12.7. The van der Waals surface area contributed by atoms with Gasteiger partial charge in [-0.3, -0.25) is 9.52 Å². The number of carbonyl (C=O) groups is 1. The van der Waals surface area contributed by atoms with Crippen LogP contribution in [0.3, 0.4) is 0 Å². The van der Waals surface area contributed by atoms with Gasteiger partial charge in [0.25, 0.3) is 5.91 Å². The number of aromatic nitrogens is 1. The Morgan fingerprint density at radius 2 is 2.09 bits per heavy atom. The summed E-state index contributed by atoms with van der Waals surface area (Å²) < 4.78 is 35.9. The van der Waals surface area contributed by atoms with Gasteiger partial charge in [-0.25, -0.2) is 8.42 Å². The molecule has 0 saturated heterocycles.